The molecule has 0 radical (unpaired) electrons. The normalized spacial score (nSPS) is 11.3. The Morgan fingerprint density at radius 2 is 2.06 bits per heavy atom. The second-order valence-electron chi connectivity index (χ2n) is 3.47. The second-order valence-corrected chi connectivity index (χ2v) is 3.47. The highest BCUT2D eigenvalue weighted by Gasteiger charge is 2.30. The lowest BCUT2D eigenvalue weighted by atomic mass is 10.3. The van der Waals surface area contributed by atoms with E-state index >= 15 is 0 Å². The highest BCUT2D eigenvalue weighted by molar-refractivity contribution is 6.02. The molecule has 0 aliphatic heterocycles. The number of carbonyl (C=O) groups excluding carboxylic acids is 1. The monoisotopic (exact) mass is 255 g/mol. The van der Waals surface area contributed by atoms with E-state index in [2.05, 4.69) is 15.3 Å². The summed E-state index contributed by atoms with van der Waals surface area (Å²) in [5.74, 6) is -0.408. The molecule has 0 saturated carbocycles. The van der Waals surface area contributed by atoms with E-state index in [-0.39, 0.29) is 5.82 Å². The quantitative estimate of drug-likeness (QED) is 0.866. The number of carbonyl (C=O) groups is 1. The summed E-state index contributed by atoms with van der Waals surface area (Å²) in [5.41, 5.74) is -0.558. The summed E-state index contributed by atoms with van der Waals surface area (Å²) in [5, 5.41) is 2.37. The summed E-state index contributed by atoms with van der Waals surface area (Å²) in [6.07, 6.45) is -2.20. The van der Waals surface area contributed by atoms with Crippen molar-refractivity contribution in [2.45, 2.75) is 6.18 Å². The van der Waals surface area contributed by atoms with Gasteiger partial charge in [0.1, 0.15) is 11.5 Å². The van der Waals surface area contributed by atoms with Crippen LogP contribution in [0.25, 0.3) is 0 Å². The molecule has 0 atom stereocenters. The number of nitrogens with one attached hydrogen (secondary N) is 2. The van der Waals surface area contributed by atoms with Crippen molar-refractivity contribution in [1.29, 1.82) is 0 Å². The van der Waals surface area contributed by atoms with Crippen molar-refractivity contribution < 1.29 is 18.0 Å². The fourth-order valence-electron chi connectivity index (χ4n) is 1.29. The van der Waals surface area contributed by atoms with Gasteiger partial charge in [-0.1, -0.05) is 0 Å². The maximum absolute atomic E-state index is 12.3. The molecule has 18 heavy (non-hydrogen) atoms. The molecule has 0 spiro atoms. The van der Waals surface area contributed by atoms with Crippen LogP contribution in [0.3, 0.4) is 0 Å². The second kappa shape index (κ2) is 4.52. The number of anilines is 1. The number of amides is 1. The van der Waals surface area contributed by atoms with Crippen molar-refractivity contribution >= 4 is 11.7 Å². The van der Waals surface area contributed by atoms with Crippen LogP contribution in [-0.4, -0.2) is 15.9 Å². The van der Waals surface area contributed by atoms with Crippen molar-refractivity contribution in [3.05, 3.63) is 47.9 Å². The van der Waals surface area contributed by atoms with E-state index in [1.165, 1.54) is 0 Å². The summed E-state index contributed by atoms with van der Waals surface area (Å²) in [4.78, 5) is 17.8. The zero-order valence-electron chi connectivity index (χ0n) is 8.95. The van der Waals surface area contributed by atoms with Crippen LogP contribution in [-0.2, 0) is 6.18 Å². The molecule has 0 aromatic carbocycles. The highest BCUT2D eigenvalue weighted by Crippen LogP contribution is 2.28. The van der Waals surface area contributed by atoms with E-state index in [1.807, 2.05) is 0 Å². The van der Waals surface area contributed by atoms with E-state index in [0.29, 0.717) is 11.9 Å². The highest BCUT2D eigenvalue weighted by atomic mass is 19.4. The van der Waals surface area contributed by atoms with Crippen LogP contribution in [0.1, 0.15) is 16.1 Å². The van der Waals surface area contributed by atoms with Crippen LogP contribution in [0, 0.1) is 0 Å². The molecule has 4 nitrogen and oxygen atoms in total. The number of aromatic amines is 1. The first-order chi connectivity index (χ1) is 8.47. The minimum Gasteiger partial charge on any atom is -0.357 e. The first-order valence-electron chi connectivity index (χ1n) is 4.95. The molecule has 0 unspecified atom stereocenters. The molecule has 0 aliphatic carbocycles. The fraction of sp³-hybridized carbons (Fsp3) is 0.0909. The van der Waals surface area contributed by atoms with E-state index in [9.17, 15) is 18.0 Å². The molecule has 1 amide bonds. The number of H-pyrrole nitrogens is 1. The van der Waals surface area contributed by atoms with Crippen LogP contribution in [0.5, 0.6) is 0 Å². The van der Waals surface area contributed by atoms with Crippen molar-refractivity contribution in [3.63, 3.8) is 0 Å². The summed E-state index contributed by atoms with van der Waals surface area (Å²) in [7, 11) is 0. The Bertz CT molecular complexity index is 532. The average molecular weight is 255 g/mol. The third kappa shape index (κ3) is 2.68. The zero-order valence-corrected chi connectivity index (χ0v) is 8.95. The lowest BCUT2D eigenvalue weighted by Gasteiger charge is -2.07. The van der Waals surface area contributed by atoms with Gasteiger partial charge in [-0.3, -0.25) is 4.79 Å². The summed E-state index contributed by atoms with van der Waals surface area (Å²) in [6.45, 7) is 0. The largest absolute Gasteiger partial charge is 0.417 e. The van der Waals surface area contributed by atoms with E-state index in [1.54, 1.807) is 18.3 Å². The zero-order chi connectivity index (χ0) is 13.2. The molecular weight excluding hydrogens is 247 g/mol. The first kappa shape index (κ1) is 12.2. The Hall–Kier alpha value is -2.31. The molecule has 2 rings (SSSR count). The van der Waals surface area contributed by atoms with Crippen molar-refractivity contribution in [1.82, 2.24) is 9.97 Å². The number of aromatic nitrogens is 2. The Balaban J connectivity index is 2.09. The number of halogens is 3. The predicted octanol–water partition coefficient (Wildman–Crippen LogP) is 2.68. The van der Waals surface area contributed by atoms with Crippen molar-refractivity contribution in [2.75, 3.05) is 5.32 Å². The molecule has 2 heterocycles. The first-order valence-corrected chi connectivity index (χ1v) is 4.95. The van der Waals surface area contributed by atoms with Gasteiger partial charge in [-0.25, -0.2) is 4.98 Å². The van der Waals surface area contributed by atoms with Gasteiger partial charge in [0.15, 0.2) is 0 Å². The van der Waals surface area contributed by atoms with Crippen LogP contribution in [0.2, 0.25) is 0 Å². The lowest BCUT2D eigenvalue weighted by molar-refractivity contribution is -0.137. The Labute approximate surface area is 99.9 Å². The van der Waals surface area contributed by atoms with Crippen molar-refractivity contribution in [3.8, 4) is 0 Å². The lowest BCUT2D eigenvalue weighted by Crippen LogP contribution is -2.14. The SMILES string of the molecule is O=C(Nc1ccc(C(F)(F)F)cn1)c1ccc[nH]1. The van der Waals surface area contributed by atoms with Gasteiger partial charge in [-0.2, -0.15) is 13.2 Å². The van der Waals surface area contributed by atoms with E-state index < -0.39 is 17.6 Å². The molecule has 7 heteroatoms. The van der Waals surface area contributed by atoms with Gasteiger partial charge < -0.3 is 10.3 Å². The molecule has 2 aromatic rings. The van der Waals surface area contributed by atoms with Gasteiger partial charge in [0.05, 0.1) is 5.56 Å². The molecule has 0 bridgehead atoms. The van der Waals surface area contributed by atoms with E-state index in [0.717, 1.165) is 12.1 Å². The molecule has 2 aromatic heterocycles. The summed E-state index contributed by atoms with van der Waals surface area (Å²) < 4.78 is 36.8. The molecule has 0 saturated heterocycles. The number of alkyl halides is 3. The minimum absolute atomic E-state index is 0.0580. The summed E-state index contributed by atoms with van der Waals surface area (Å²) in [6, 6.07) is 5.13. The topological polar surface area (TPSA) is 57.8 Å². The third-order valence-electron chi connectivity index (χ3n) is 2.17. The number of pyridine rings is 1. The van der Waals surface area contributed by atoms with Crippen LogP contribution in [0.15, 0.2) is 36.7 Å². The van der Waals surface area contributed by atoms with E-state index in [4.69, 9.17) is 0 Å². The summed E-state index contributed by atoms with van der Waals surface area (Å²) >= 11 is 0. The average Bonchev–Trinajstić information content (AvgIpc) is 2.82. The van der Waals surface area contributed by atoms with Gasteiger partial charge >= 0.3 is 6.18 Å². The van der Waals surface area contributed by atoms with Crippen LogP contribution >= 0.6 is 0 Å². The number of rotatable bonds is 2. The van der Waals surface area contributed by atoms with Gasteiger partial charge in [-0.15, -0.1) is 0 Å². The molecule has 0 aliphatic rings. The number of nitrogens with zero attached hydrogens (tertiary/aromatic N) is 1. The van der Waals surface area contributed by atoms with Crippen LogP contribution < -0.4 is 5.32 Å². The minimum atomic E-state index is -4.44. The Morgan fingerprint density at radius 1 is 1.28 bits per heavy atom. The predicted molar refractivity (Wildman–Crippen MR) is 58.0 cm³/mol. The maximum atomic E-state index is 12.3. The molecule has 0 fully saturated rings. The molecule has 2 N–H and O–H groups in total. The maximum Gasteiger partial charge on any atom is 0.417 e. The van der Waals surface area contributed by atoms with Gasteiger partial charge in [-0.05, 0) is 24.3 Å². The van der Waals surface area contributed by atoms with Gasteiger partial charge in [0, 0.05) is 12.4 Å². The number of hydrogen-bond donors (Lipinski definition) is 2. The number of hydrogen-bond acceptors (Lipinski definition) is 2. The molecule has 94 valence electrons. The molecular formula is C11H8F3N3O. The fourth-order valence-corrected chi connectivity index (χ4v) is 1.29. The smallest absolute Gasteiger partial charge is 0.357 e. The standard InChI is InChI=1S/C11H8F3N3O/c12-11(13,14)7-3-4-9(16-6-7)17-10(18)8-2-1-5-15-8/h1-6,15H,(H,16,17,18). The van der Waals surface area contributed by atoms with Crippen molar-refractivity contribution in [2.24, 2.45) is 0 Å². The third-order valence-corrected chi connectivity index (χ3v) is 2.17. The van der Waals surface area contributed by atoms with Gasteiger partial charge in [0.25, 0.3) is 5.91 Å². The Morgan fingerprint density at radius 3 is 2.56 bits per heavy atom. The Kier molecular flexibility index (Phi) is 3.05. The van der Waals surface area contributed by atoms with Crippen LogP contribution in [0.4, 0.5) is 19.0 Å². The van der Waals surface area contributed by atoms with Gasteiger partial charge in [0.2, 0.25) is 0 Å².